The van der Waals surface area contributed by atoms with Crippen molar-refractivity contribution in [3.63, 3.8) is 0 Å². The average molecular weight is 373 g/mol. The summed E-state index contributed by atoms with van der Waals surface area (Å²) >= 11 is 1.30. The Labute approximate surface area is 156 Å². The predicted octanol–water partition coefficient (Wildman–Crippen LogP) is 2.63. The van der Waals surface area contributed by atoms with Crippen molar-refractivity contribution in [1.29, 1.82) is 0 Å². The molecule has 8 heteroatoms. The van der Waals surface area contributed by atoms with Crippen molar-refractivity contribution >= 4 is 39.7 Å². The molecule has 0 radical (unpaired) electrons. The van der Waals surface area contributed by atoms with Gasteiger partial charge < -0.3 is 14.6 Å². The van der Waals surface area contributed by atoms with Gasteiger partial charge in [0.15, 0.2) is 5.65 Å². The number of aromatic nitrogens is 4. The second-order valence-corrected chi connectivity index (χ2v) is 6.66. The van der Waals surface area contributed by atoms with E-state index >= 15 is 0 Å². The minimum atomic E-state index is -0.0359. The molecule has 0 aliphatic carbocycles. The van der Waals surface area contributed by atoms with Crippen LogP contribution in [0.1, 0.15) is 20.3 Å². The lowest BCUT2D eigenvalue weighted by atomic mass is 10.2. The Balaban J connectivity index is 1.66. The molecule has 7 nitrogen and oxygen atoms in total. The summed E-state index contributed by atoms with van der Waals surface area (Å²) in [5.74, 6) is 0.236. The summed E-state index contributed by atoms with van der Waals surface area (Å²) in [5, 5.41) is 13.0. The van der Waals surface area contributed by atoms with Crippen molar-refractivity contribution in [3.05, 3.63) is 24.3 Å². The van der Waals surface area contributed by atoms with E-state index in [4.69, 9.17) is 4.74 Å². The number of nitrogens with one attached hydrogen (secondary N) is 1. The summed E-state index contributed by atoms with van der Waals surface area (Å²) in [5.41, 5.74) is 2.71. The van der Waals surface area contributed by atoms with E-state index in [0.29, 0.717) is 24.9 Å². The molecule has 1 amide bonds. The van der Waals surface area contributed by atoms with Crippen molar-refractivity contribution in [3.8, 4) is 0 Å². The number of nitrogens with zero attached hydrogens (tertiary/aromatic N) is 4. The Bertz CT molecular complexity index is 896. The number of carbonyl (C=O) groups is 1. The molecule has 3 aromatic rings. The molecule has 2 aromatic heterocycles. The van der Waals surface area contributed by atoms with Gasteiger partial charge in [-0.15, -0.1) is 10.2 Å². The first-order chi connectivity index (χ1) is 12.7. The van der Waals surface area contributed by atoms with Crippen LogP contribution in [0.5, 0.6) is 0 Å². The Morgan fingerprint density at radius 3 is 2.92 bits per heavy atom. The normalized spacial score (nSPS) is 11.3. The van der Waals surface area contributed by atoms with Crippen LogP contribution in [0.15, 0.2) is 29.4 Å². The molecule has 0 aliphatic heterocycles. The van der Waals surface area contributed by atoms with Gasteiger partial charge in [-0.3, -0.25) is 4.79 Å². The molecule has 0 unspecified atom stereocenters. The van der Waals surface area contributed by atoms with E-state index in [0.717, 1.165) is 35.0 Å². The number of benzene rings is 1. The van der Waals surface area contributed by atoms with Gasteiger partial charge >= 0.3 is 0 Å². The third-order valence-electron chi connectivity index (χ3n) is 3.99. The smallest absolute Gasteiger partial charge is 0.230 e. The van der Waals surface area contributed by atoms with E-state index in [1.807, 2.05) is 25.1 Å². The zero-order chi connectivity index (χ0) is 18.4. The van der Waals surface area contributed by atoms with E-state index in [-0.39, 0.29) is 11.7 Å². The quantitative estimate of drug-likeness (QED) is 0.459. The van der Waals surface area contributed by atoms with Gasteiger partial charge in [0.05, 0.1) is 11.3 Å². The lowest BCUT2D eigenvalue weighted by Crippen LogP contribution is -2.27. The number of fused-ring (bicyclic) bond motifs is 3. The molecule has 26 heavy (non-hydrogen) atoms. The fourth-order valence-electron chi connectivity index (χ4n) is 2.80. The molecular formula is C18H23N5O2S. The topological polar surface area (TPSA) is 81.9 Å². The Hall–Kier alpha value is -2.19. The van der Waals surface area contributed by atoms with Crippen LogP contribution in [-0.2, 0) is 16.1 Å². The van der Waals surface area contributed by atoms with Crippen molar-refractivity contribution < 1.29 is 9.53 Å². The van der Waals surface area contributed by atoms with Gasteiger partial charge in [-0.25, -0.2) is 4.98 Å². The van der Waals surface area contributed by atoms with Crippen LogP contribution >= 0.6 is 11.8 Å². The predicted molar refractivity (Wildman–Crippen MR) is 103 cm³/mol. The molecule has 1 N–H and O–H groups in total. The largest absolute Gasteiger partial charge is 0.382 e. The maximum atomic E-state index is 11.9. The van der Waals surface area contributed by atoms with Gasteiger partial charge in [0.2, 0.25) is 11.1 Å². The molecule has 0 spiro atoms. The number of hydrogen-bond donors (Lipinski definition) is 1. The van der Waals surface area contributed by atoms with Crippen LogP contribution < -0.4 is 5.32 Å². The lowest BCUT2D eigenvalue weighted by Gasteiger charge is -2.05. The Morgan fingerprint density at radius 1 is 1.27 bits per heavy atom. The molecule has 0 saturated heterocycles. The molecule has 3 rings (SSSR count). The molecule has 0 fully saturated rings. The van der Waals surface area contributed by atoms with Gasteiger partial charge in [0.1, 0.15) is 5.52 Å². The Kier molecular flexibility index (Phi) is 6.40. The van der Waals surface area contributed by atoms with Crippen LogP contribution in [0.3, 0.4) is 0 Å². The number of ether oxygens (including phenoxy) is 1. The number of hydrogen-bond acceptors (Lipinski definition) is 6. The van der Waals surface area contributed by atoms with E-state index < -0.39 is 0 Å². The number of amides is 1. The molecule has 1 aromatic carbocycles. The van der Waals surface area contributed by atoms with Gasteiger partial charge in [0, 0.05) is 31.7 Å². The monoisotopic (exact) mass is 373 g/mol. The first-order valence-corrected chi connectivity index (χ1v) is 9.82. The molecule has 0 atom stereocenters. The molecule has 2 heterocycles. The van der Waals surface area contributed by atoms with E-state index in [1.54, 1.807) is 0 Å². The van der Waals surface area contributed by atoms with Crippen LogP contribution in [0.4, 0.5) is 0 Å². The van der Waals surface area contributed by atoms with Gasteiger partial charge in [-0.05, 0) is 26.3 Å². The van der Waals surface area contributed by atoms with Crippen molar-refractivity contribution in [2.24, 2.45) is 0 Å². The number of carbonyl (C=O) groups excluding carboxylic acids is 1. The molecular weight excluding hydrogens is 350 g/mol. The first-order valence-electron chi connectivity index (χ1n) is 8.83. The van der Waals surface area contributed by atoms with Crippen molar-refractivity contribution in [1.82, 2.24) is 25.1 Å². The van der Waals surface area contributed by atoms with Crippen LogP contribution in [0, 0.1) is 0 Å². The zero-order valence-electron chi connectivity index (χ0n) is 15.1. The summed E-state index contributed by atoms with van der Waals surface area (Å²) in [6.07, 6.45) is 0.810. The fourth-order valence-corrected chi connectivity index (χ4v) is 3.41. The number of rotatable bonds is 9. The summed E-state index contributed by atoms with van der Waals surface area (Å²) in [7, 11) is 0. The first kappa shape index (κ1) is 18.6. The van der Waals surface area contributed by atoms with Crippen LogP contribution in [-0.4, -0.2) is 51.2 Å². The maximum Gasteiger partial charge on any atom is 0.230 e. The minimum absolute atomic E-state index is 0.0359. The van der Waals surface area contributed by atoms with Gasteiger partial charge in [-0.1, -0.05) is 30.0 Å². The van der Waals surface area contributed by atoms with E-state index in [9.17, 15) is 4.79 Å². The van der Waals surface area contributed by atoms with Crippen molar-refractivity contribution in [2.45, 2.75) is 32.0 Å². The highest BCUT2D eigenvalue weighted by Gasteiger charge is 2.14. The third-order valence-corrected chi connectivity index (χ3v) is 4.83. The highest BCUT2D eigenvalue weighted by Crippen LogP contribution is 2.26. The number of para-hydroxylation sites is 1. The second-order valence-electron chi connectivity index (χ2n) is 5.72. The zero-order valence-corrected chi connectivity index (χ0v) is 15.9. The molecule has 0 aliphatic rings. The molecule has 0 bridgehead atoms. The summed E-state index contributed by atoms with van der Waals surface area (Å²) < 4.78 is 7.37. The summed E-state index contributed by atoms with van der Waals surface area (Å²) in [6.45, 7) is 6.81. The fraction of sp³-hybridized carbons (Fsp3) is 0.444. The summed E-state index contributed by atoms with van der Waals surface area (Å²) in [6, 6.07) is 8.09. The van der Waals surface area contributed by atoms with Crippen LogP contribution in [0.25, 0.3) is 22.1 Å². The second kappa shape index (κ2) is 8.95. The van der Waals surface area contributed by atoms with Gasteiger partial charge in [-0.2, -0.15) is 0 Å². The summed E-state index contributed by atoms with van der Waals surface area (Å²) in [4.78, 5) is 16.6. The van der Waals surface area contributed by atoms with E-state index in [1.165, 1.54) is 11.8 Å². The highest BCUT2D eigenvalue weighted by molar-refractivity contribution is 7.99. The molecule has 0 saturated carbocycles. The Morgan fingerprint density at radius 2 is 2.12 bits per heavy atom. The van der Waals surface area contributed by atoms with E-state index in [2.05, 4.69) is 38.1 Å². The standard InChI is InChI=1S/C18H23N5O2S/c1-3-23-14-9-6-5-8-13(14)16-17(23)20-18(22-21-16)26-12-15(24)19-10-7-11-25-4-2/h5-6,8-9H,3-4,7,10-12H2,1-2H3,(H,19,24). The van der Waals surface area contributed by atoms with Crippen LogP contribution in [0.2, 0.25) is 0 Å². The average Bonchev–Trinajstić information content (AvgIpc) is 2.99. The number of thioether (sulfide) groups is 1. The molecule has 138 valence electrons. The maximum absolute atomic E-state index is 11.9. The lowest BCUT2D eigenvalue weighted by molar-refractivity contribution is -0.118. The minimum Gasteiger partial charge on any atom is -0.382 e. The third kappa shape index (κ3) is 4.13. The van der Waals surface area contributed by atoms with Gasteiger partial charge in [0.25, 0.3) is 0 Å². The number of aryl methyl sites for hydroxylation is 1. The van der Waals surface area contributed by atoms with Crippen molar-refractivity contribution in [2.75, 3.05) is 25.5 Å². The SMILES string of the molecule is CCOCCCNC(=O)CSc1nnc2c3ccccc3n(CC)c2n1. The highest BCUT2D eigenvalue weighted by atomic mass is 32.2.